The molecule has 0 radical (unpaired) electrons. The summed E-state index contributed by atoms with van der Waals surface area (Å²) in [6.45, 7) is 5.02. The predicted molar refractivity (Wildman–Crippen MR) is 208 cm³/mol. The molecule has 0 fully saturated rings. The highest BCUT2D eigenvalue weighted by atomic mass is 17.1. The number of phenols is 1. The van der Waals surface area contributed by atoms with Crippen LogP contribution in [-0.4, -0.2) is 22.2 Å². The molecule has 260 valence electrons. The Balaban J connectivity index is 1.43. The predicted octanol–water partition coefficient (Wildman–Crippen LogP) is 5.69. The average molecular weight is 717 g/mol. The summed E-state index contributed by atoms with van der Waals surface area (Å²) in [6, 6.07) is 21.6. The first-order valence-electron chi connectivity index (χ1n) is 15.6. The van der Waals surface area contributed by atoms with E-state index >= 15 is 0 Å². The SMILES string of the molecule is C#CC#CC#CC#CC#CC#CC#CC#CC#COc1ccccc1NC(=O)c1ccc2c(N(Cc3ccc(OC(=C)OO)cc3)C(C)=O)cccc2c1O. The summed E-state index contributed by atoms with van der Waals surface area (Å²) < 4.78 is 10.7. The lowest BCUT2D eigenvalue weighted by Gasteiger charge is -2.24. The van der Waals surface area contributed by atoms with Crippen LogP contribution in [0.25, 0.3) is 10.8 Å². The van der Waals surface area contributed by atoms with Crippen LogP contribution in [0.15, 0.2) is 91.4 Å². The van der Waals surface area contributed by atoms with Gasteiger partial charge in [-0.15, -0.1) is 6.42 Å². The number of ether oxygens (including phenoxy) is 2. The van der Waals surface area contributed by atoms with E-state index < -0.39 is 5.91 Å². The Morgan fingerprint density at radius 2 is 1.35 bits per heavy atom. The molecule has 2 amide bonds. The van der Waals surface area contributed by atoms with Gasteiger partial charge in [-0.3, -0.25) is 9.59 Å². The van der Waals surface area contributed by atoms with Gasteiger partial charge in [-0.1, -0.05) is 42.5 Å². The molecule has 4 aromatic rings. The van der Waals surface area contributed by atoms with Gasteiger partial charge in [0.1, 0.15) is 17.6 Å². The van der Waals surface area contributed by atoms with Gasteiger partial charge in [0.05, 0.1) is 23.5 Å². The highest BCUT2D eigenvalue weighted by Gasteiger charge is 2.20. The molecule has 9 heteroatoms. The fraction of sp³-hybridized carbons (Fsp3) is 0.0435. The van der Waals surface area contributed by atoms with E-state index in [0.717, 1.165) is 5.56 Å². The summed E-state index contributed by atoms with van der Waals surface area (Å²) in [7, 11) is 0. The molecule has 0 aromatic heterocycles. The summed E-state index contributed by atoms with van der Waals surface area (Å²) >= 11 is 0. The normalized spacial score (nSPS) is 8.45. The van der Waals surface area contributed by atoms with Crippen molar-refractivity contribution in [3.63, 3.8) is 0 Å². The molecule has 0 saturated carbocycles. The molecule has 0 aliphatic carbocycles. The maximum atomic E-state index is 13.4. The number of nitrogens with one attached hydrogen (secondary N) is 1. The largest absolute Gasteiger partial charge is 0.506 e. The number of aromatic hydroxyl groups is 1. The van der Waals surface area contributed by atoms with Crippen LogP contribution >= 0.6 is 0 Å². The zero-order chi connectivity index (χ0) is 39.3. The summed E-state index contributed by atoms with van der Waals surface area (Å²) in [4.78, 5) is 31.7. The number of amides is 2. The first-order chi connectivity index (χ1) is 26.8. The topological polar surface area (TPSA) is 118 Å². The van der Waals surface area contributed by atoms with E-state index in [1.165, 1.54) is 13.0 Å². The van der Waals surface area contributed by atoms with Gasteiger partial charge in [0, 0.05) is 65.1 Å². The van der Waals surface area contributed by atoms with Crippen molar-refractivity contribution in [2.45, 2.75) is 13.5 Å². The lowest BCUT2D eigenvalue weighted by Crippen LogP contribution is -2.28. The molecule has 0 heterocycles. The van der Waals surface area contributed by atoms with Gasteiger partial charge in [-0.25, -0.2) is 0 Å². The number of hydrogen-bond donors (Lipinski definition) is 3. The van der Waals surface area contributed by atoms with Crippen LogP contribution in [0, 0.1) is 107 Å². The zero-order valence-electron chi connectivity index (χ0n) is 28.9. The first-order valence-corrected chi connectivity index (χ1v) is 15.6. The quantitative estimate of drug-likeness (QED) is 0.0883. The van der Waals surface area contributed by atoms with E-state index in [1.807, 2.05) is 0 Å². The van der Waals surface area contributed by atoms with Crippen molar-refractivity contribution >= 4 is 34.0 Å². The number of terminal acetylenes is 1. The molecule has 4 aromatic carbocycles. The molecule has 0 bridgehead atoms. The van der Waals surface area contributed by atoms with Gasteiger partial charge in [-0.05, 0) is 95.9 Å². The molecule has 0 unspecified atom stereocenters. The minimum Gasteiger partial charge on any atom is -0.506 e. The summed E-state index contributed by atoms with van der Waals surface area (Å²) in [5.41, 5.74) is 1.58. The number of fused-ring (bicyclic) bond motifs is 1. The molecular weight excluding hydrogens is 693 g/mol. The standard InChI is InChI=1S/C46H24N2O7/c1-4-5-6-7-8-9-10-11-12-13-14-15-16-17-18-21-33-53-44-26-20-19-24-42(44)47-46(51)41-32-31-39-40(45(41)50)23-22-25-43(39)48(35(2)49)34-37-27-29-38(30-28-37)54-36(3)55-52/h1,19-20,22-32,50,52H,3,34H2,2H3,(H,47,51). The molecule has 0 aliphatic heterocycles. The van der Waals surface area contributed by atoms with E-state index in [-0.39, 0.29) is 35.5 Å². The number of carbonyl (C=O) groups excluding carboxylic acids is 2. The lowest BCUT2D eigenvalue weighted by molar-refractivity contribution is -0.230. The van der Waals surface area contributed by atoms with E-state index in [1.54, 1.807) is 77.7 Å². The molecule has 3 N–H and O–H groups in total. The van der Waals surface area contributed by atoms with Crippen molar-refractivity contribution in [3.8, 4) is 125 Å². The number of hydrogen-bond acceptors (Lipinski definition) is 7. The van der Waals surface area contributed by atoms with Crippen molar-refractivity contribution in [3.05, 3.63) is 103 Å². The molecule has 0 aliphatic rings. The van der Waals surface area contributed by atoms with Gasteiger partial charge >= 0.3 is 5.95 Å². The average Bonchev–Trinajstić information content (AvgIpc) is 3.19. The Hall–Kier alpha value is -8.98. The van der Waals surface area contributed by atoms with E-state index in [2.05, 4.69) is 118 Å². The Bertz CT molecular complexity index is 2740. The third-order valence-electron chi connectivity index (χ3n) is 6.82. The summed E-state index contributed by atoms with van der Waals surface area (Å²) in [6.07, 6.45) is 7.41. The van der Waals surface area contributed by atoms with Crippen LogP contribution in [0.1, 0.15) is 22.8 Å². The van der Waals surface area contributed by atoms with E-state index in [4.69, 9.17) is 21.2 Å². The zero-order valence-corrected chi connectivity index (χ0v) is 28.9. The van der Waals surface area contributed by atoms with Crippen LogP contribution in [-0.2, 0) is 16.2 Å². The van der Waals surface area contributed by atoms with Gasteiger partial charge < -0.3 is 29.7 Å². The van der Waals surface area contributed by atoms with E-state index in [0.29, 0.717) is 27.9 Å². The third-order valence-corrected chi connectivity index (χ3v) is 6.82. The minimum absolute atomic E-state index is 0.00737. The highest BCUT2D eigenvalue weighted by molar-refractivity contribution is 6.13. The van der Waals surface area contributed by atoms with Crippen molar-refractivity contribution in [1.82, 2.24) is 0 Å². The van der Waals surface area contributed by atoms with Crippen LogP contribution in [0.5, 0.6) is 17.2 Å². The molecule has 0 spiro atoms. The smallest absolute Gasteiger partial charge is 0.314 e. The fourth-order valence-corrected chi connectivity index (χ4v) is 4.50. The van der Waals surface area contributed by atoms with Crippen molar-refractivity contribution in [2.75, 3.05) is 10.2 Å². The lowest BCUT2D eigenvalue weighted by atomic mass is 10.0. The number of rotatable bonds is 9. The van der Waals surface area contributed by atoms with Gasteiger partial charge in [0.15, 0.2) is 5.75 Å². The monoisotopic (exact) mass is 716 g/mol. The Labute approximate surface area is 318 Å². The molecule has 55 heavy (non-hydrogen) atoms. The summed E-state index contributed by atoms with van der Waals surface area (Å²) in [5, 5.41) is 23.6. The number of benzene rings is 4. The van der Waals surface area contributed by atoms with Crippen molar-refractivity contribution in [1.29, 1.82) is 0 Å². The summed E-state index contributed by atoms with van der Waals surface area (Å²) in [5.74, 6) is 38.4. The first kappa shape index (κ1) is 38.8. The number of para-hydroxylation sites is 2. The number of phenolic OH excluding ortho intramolecular Hbond substituents is 1. The third kappa shape index (κ3) is 11.8. The molecule has 4 rings (SSSR count). The second-order valence-corrected chi connectivity index (χ2v) is 10.3. The van der Waals surface area contributed by atoms with Crippen molar-refractivity contribution in [2.24, 2.45) is 0 Å². The highest BCUT2D eigenvalue weighted by Crippen LogP contribution is 2.36. The Morgan fingerprint density at radius 3 is 1.95 bits per heavy atom. The second-order valence-electron chi connectivity index (χ2n) is 10.3. The van der Waals surface area contributed by atoms with Crippen LogP contribution < -0.4 is 19.7 Å². The van der Waals surface area contributed by atoms with Crippen molar-refractivity contribution < 1.29 is 34.3 Å². The molecule has 0 atom stereocenters. The van der Waals surface area contributed by atoms with Crippen LogP contribution in [0.4, 0.5) is 11.4 Å². The van der Waals surface area contributed by atoms with Crippen LogP contribution in [0.2, 0.25) is 0 Å². The van der Waals surface area contributed by atoms with Gasteiger partial charge in [-0.2, -0.15) is 5.26 Å². The maximum Gasteiger partial charge on any atom is 0.314 e. The Morgan fingerprint density at radius 1 is 0.745 bits per heavy atom. The molecular formula is C46H24N2O7. The molecule has 9 nitrogen and oxygen atoms in total. The fourth-order valence-electron chi connectivity index (χ4n) is 4.50. The van der Waals surface area contributed by atoms with Crippen LogP contribution in [0.3, 0.4) is 0 Å². The maximum absolute atomic E-state index is 13.4. The van der Waals surface area contributed by atoms with Gasteiger partial charge in [0.2, 0.25) is 5.91 Å². The minimum atomic E-state index is -0.610. The second kappa shape index (κ2) is 20.6. The number of nitrogens with zero attached hydrogens (tertiary/aromatic N) is 1. The van der Waals surface area contributed by atoms with E-state index in [9.17, 15) is 14.7 Å². The number of anilines is 2. The molecule has 0 saturated heterocycles. The number of carbonyl (C=O) groups is 2. The Kier molecular flexibility index (Phi) is 14.6. The van der Waals surface area contributed by atoms with Gasteiger partial charge in [0.25, 0.3) is 5.91 Å².